The predicted octanol–water partition coefficient (Wildman–Crippen LogP) is 5.03. The summed E-state index contributed by atoms with van der Waals surface area (Å²) in [5.41, 5.74) is 2.70. The van der Waals surface area contributed by atoms with E-state index in [0.717, 1.165) is 21.5 Å². The van der Waals surface area contributed by atoms with E-state index in [1.54, 1.807) is 12.1 Å². The zero-order valence-electron chi connectivity index (χ0n) is 14.2. The molecule has 5 nitrogen and oxygen atoms in total. The van der Waals surface area contributed by atoms with Gasteiger partial charge in [-0.05, 0) is 43.7 Å². The highest BCUT2D eigenvalue weighted by Gasteiger charge is 2.15. The van der Waals surface area contributed by atoms with Crippen molar-refractivity contribution in [2.24, 2.45) is 0 Å². The maximum atomic E-state index is 12.3. The van der Waals surface area contributed by atoms with Gasteiger partial charge in [0.15, 0.2) is 5.16 Å². The van der Waals surface area contributed by atoms with Gasteiger partial charge in [0.05, 0.1) is 22.2 Å². The van der Waals surface area contributed by atoms with Crippen LogP contribution < -0.4 is 5.32 Å². The first kappa shape index (κ1) is 18.9. The number of nitrogens with zero attached hydrogens (tertiary/aromatic N) is 3. The van der Waals surface area contributed by atoms with Gasteiger partial charge in [-0.2, -0.15) is 0 Å². The molecule has 0 aliphatic rings. The van der Waals surface area contributed by atoms with Crippen molar-refractivity contribution in [2.45, 2.75) is 19.0 Å². The van der Waals surface area contributed by atoms with Crippen LogP contribution in [0.2, 0.25) is 5.02 Å². The fourth-order valence-corrected chi connectivity index (χ4v) is 3.95. The molecule has 134 valence electrons. The number of benzene rings is 2. The van der Waals surface area contributed by atoms with Gasteiger partial charge in [-0.15, -0.1) is 10.2 Å². The number of carbonyl (C=O) groups excluding carboxylic acids is 1. The summed E-state index contributed by atoms with van der Waals surface area (Å²) in [6, 6.07) is 13.3. The molecule has 0 aliphatic carbocycles. The molecule has 0 saturated heterocycles. The maximum Gasteiger partial charge on any atom is 0.234 e. The van der Waals surface area contributed by atoms with Gasteiger partial charge in [0.1, 0.15) is 5.82 Å². The molecule has 3 rings (SSSR count). The second kappa shape index (κ2) is 8.24. The van der Waals surface area contributed by atoms with Crippen molar-refractivity contribution in [3.05, 3.63) is 63.3 Å². The first-order valence-corrected chi connectivity index (χ1v) is 9.97. The molecule has 26 heavy (non-hydrogen) atoms. The lowest BCUT2D eigenvalue weighted by Gasteiger charge is -2.11. The number of anilines is 1. The second-order valence-electron chi connectivity index (χ2n) is 5.61. The van der Waals surface area contributed by atoms with Gasteiger partial charge in [0.25, 0.3) is 0 Å². The smallest absolute Gasteiger partial charge is 0.234 e. The minimum atomic E-state index is -0.156. The van der Waals surface area contributed by atoms with Gasteiger partial charge >= 0.3 is 0 Å². The monoisotopic (exact) mass is 450 g/mol. The number of hydrogen-bond acceptors (Lipinski definition) is 4. The molecule has 0 aliphatic heterocycles. The van der Waals surface area contributed by atoms with E-state index in [4.69, 9.17) is 11.6 Å². The summed E-state index contributed by atoms with van der Waals surface area (Å²) in [5, 5.41) is 12.3. The first-order chi connectivity index (χ1) is 12.5. The highest BCUT2D eigenvalue weighted by atomic mass is 79.9. The minimum absolute atomic E-state index is 0.156. The Bertz CT molecular complexity index is 960. The van der Waals surface area contributed by atoms with E-state index in [2.05, 4.69) is 31.4 Å². The summed E-state index contributed by atoms with van der Waals surface area (Å²) < 4.78 is 2.82. The number of rotatable bonds is 5. The van der Waals surface area contributed by atoms with Crippen molar-refractivity contribution in [3.63, 3.8) is 0 Å². The number of amides is 1. The van der Waals surface area contributed by atoms with E-state index in [-0.39, 0.29) is 11.7 Å². The Morgan fingerprint density at radius 3 is 2.73 bits per heavy atom. The molecule has 0 radical (unpaired) electrons. The van der Waals surface area contributed by atoms with E-state index >= 15 is 0 Å². The average molecular weight is 452 g/mol. The van der Waals surface area contributed by atoms with Crippen LogP contribution in [0.25, 0.3) is 5.69 Å². The van der Waals surface area contributed by atoms with Crippen molar-refractivity contribution in [1.29, 1.82) is 0 Å². The molecule has 3 aromatic rings. The number of hydrogen-bond donors (Lipinski definition) is 1. The van der Waals surface area contributed by atoms with Crippen LogP contribution >= 0.6 is 39.3 Å². The van der Waals surface area contributed by atoms with Crippen molar-refractivity contribution in [1.82, 2.24) is 14.8 Å². The van der Waals surface area contributed by atoms with Crippen LogP contribution in [-0.4, -0.2) is 26.4 Å². The van der Waals surface area contributed by atoms with Gasteiger partial charge in [0.2, 0.25) is 5.91 Å². The zero-order valence-corrected chi connectivity index (χ0v) is 17.3. The number of nitrogens with one attached hydrogen (secondary N) is 1. The summed E-state index contributed by atoms with van der Waals surface area (Å²) in [6.45, 7) is 3.93. The molecule has 0 spiro atoms. The van der Waals surface area contributed by atoms with E-state index in [9.17, 15) is 4.79 Å². The Kier molecular flexibility index (Phi) is 6.01. The van der Waals surface area contributed by atoms with Gasteiger partial charge < -0.3 is 5.32 Å². The van der Waals surface area contributed by atoms with E-state index in [1.165, 1.54) is 11.8 Å². The van der Waals surface area contributed by atoms with Crippen LogP contribution in [0.4, 0.5) is 5.69 Å². The van der Waals surface area contributed by atoms with E-state index in [1.807, 2.05) is 48.7 Å². The van der Waals surface area contributed by atoms with Crippen molar-refractivity contribution in [3.8, 4) is 5.69 Å². The number of para-hydroxylation sites is 1. The number of aromatic nitrogens is 3. The Labute approximate surface area is 169 Å². The highest BCUT2D eigenvalue weighted by Crippen LogP contribution is 2.27. The quantitative estimate of drug-likeness (QED) is 0.553. The zero-order chi connectivity index (χ0) is 18.7. The number of halogens is 2. The average Bonchev–Trinajstić information content (AvgIpc) is 2.97. The summed E-state index contributed by atoms with van der Waals surface area (Å²) in [4.78, 5) is 12.3. The molecule has 0 unspecified atom stereocenters. The lowest BCUT2D eigenvalue weighted by Crippen LogP contribution is -2.15. The largest absolute Gasteiger partial charge is 0.324 e. The standard InChI is InChI=1S/C18H16BrClN4OS/c1-11-5-3-4-6-16(11)24-12(2)22-23-18(24)26-10-17(25)21-15-8-7-13(19)9-14(15)20/h3-9H,10H2,1-2H3,(H,21,25). The molecular formula is C18H16BrClN4OS. The molecule has 2 aromatic carbocycles. The normalized spacial score (nSPS) is 10.8. The third kappa shape index (κ3) is 4.28. The fourth-order valence-electron chi connectivity index (χ4n) is 2.44. The number of carbonyl (C=O) groups is 1. The van der Waals surface area contributed by atoms with Gasteiger partial charge in [-0.1, -0.05) is 57.5 Å². The first-order valence-electron chi connectivity index (χ1n) is 7.81. The molecule has 8 heteroatoms. The topological polar surface area (TPSA) is 59.8 Å². The van der Waals surface area contributed by atoms with Crippen LogP contribution in [-0.2, 0) is 4.79 Å². The highest BCUT2D eigenvalue weighted by molar-refractivity contribution is 9.10. The molecule has 1 amide bonds. The molecule has 0 bridgehead atoms. The fraction of sp³-hybridized carbons (Fsp3) is 0.167. The SMILES string of the molecule is Cc1ccccc1-n1c(C)nnc1SCC(=O)Nc1ccc(Br)cc1Cl. The summed E-state index contributed by atoms with van der Waals surface area (Å²) in [6.07, 6.45) is 0. The molecule has 1 N–H and O–H groups in total. The lowest BCUT2D eigenvalue weighted by molar-refractivity contribution is -0.113. The summed E-state index contributed by atoms with van der Waals surface area (Å²) in [7, 11) is 0. The summed E-state index contributed by atoms with van der Waals surface area (Å²) >= 11 is 10.8. The molecule has 1 aromatic heterocycles. The van der Waals surface area contributed by atoms with Crippen molar-refractivity contribution >= 4 is 50.9 Å². The maximum absolute atomic E-state index is 12.3. The molecule has 1 heterocycles. The Morgan fingerprint density at radius 1 is 1.23 bits per heavy atom. The molecule has 0 atom stereocenters. The Hall–Kier alpha value is -1.83. The van der Waals surface area contributed by atoms with Crippen molar-refractivity contribution in [2.75, 3.05) is 11.1 Å². The van der Waals surface area contributed by atoms with Crippen LogP contribution in [0, 0.1) is 13.8 Å². The number of thioether (sulfide) groups is 1. The molecular weight excluding hydrogens is 436 g/mol. The third-order valence-corrected chi connectivity index (χ3v) is 5.42. The molecule has 0 fully saturated rings. The van der Waals surface area contributed by atoms with Gasteiger partial charge in [0, 0.05) is 4.47 Å². The van der Waals surface area contributed by atoms with E-state index in [0.29, 0.717) is 15.9 Å². The molecule has 0 saturated carbocycles. The van der Waals surface area contributed by atoms with Gasteiger partial charge in [-0.25, -0.2) is 0 Å². The third-order valence-electron chi connectivity index (χ3n) is 3.69. The predicted molar refractivity (Wildman–Crippen MR) is 109 cm³/mol. The van der Waals surface area contributed by atoms with Crippen LogP contribution in [0.15, 0.2) is 52.1 Å². The number of aryl methyl sites for hydroxylation is 2. The second-order valence-corrected chi connectivity index (χ2v) is 7.88. The van der Waals surface area contributed by atoms with Crippen LogP contribution in [0.3, 0.4) is 0 Å². The lowest BCUT2D eigenvalue weighted by atomic mass is 10.2. The minimum Gasteiger partial charge on any atom is -0.324 e. The Balaban J connectivity index is 1.73. The summed E-state index contributed by atoms with van der Waals surface area (Å²) in [5.74, 6) is 0.825. The van der Waals surface area contributed by atoms with Crippen LogP contribution in [0.5, 0.6) is 0 Å². The van der Waals surface area contributed by atoms with Crippen molar-refractivity contribution < 1.29 is 4.79 Å². The van der Waals surface area contributed by atoms with E-state index < -0.39 is 0 Å². The van der Waals surface area contributed by atoms with Gasteiger partial charge in [-0.3, -0.25) is 9.36 Å². The van der Waals surface area contributed by atoms with Crippen LogP contribution in [0.1, 0.15) is 11.4 Å². The Morgan fingerprint density at radius 2 is 2.00 bits per heavy atom.